The van der Waals surface area contributed by atoms with Gasteiger partial charge in [0.15, 0.2) is 5.72 Å². The highest BCUT2D eigenvalue weighted by Crippen LogP contribution is 2.49. The summed E-state index contributed by atoms with van der Waals surface area (Å²) in [6.07, 6.45) is 1.18. The van der Waals surface area contributed by atoms with Gasteiger partial charge in [0, 0.05) is 35.9 Å². The first kappa shape index (κ1) is 17.0. The summed E-state index contributed by atoms with van der Waals surface area (Å²) in [7, 11) is 0. The molecule has 2 aliphatic rings. The maximum absolute atomic E-state index is 12.3. The second-order valence-electron chi connectivity index (χ2n) is 7.74. The van der Waals surface area contributed by atoms with Gasteiger partial charge in [-0.1, -0.05) is 41.9 Å². The van der Waals surface area contributed by atoms with E-state index in [0.29, 0.717) is 23.6 Å². The molecule has 6 heteroatoms. The number of aromatic hydroxyl groups is 1. The molecule has 0 radical (unpaired) electrons. The summed E-state index contributed by atoms with van der Waals surface area (Å²) in [6, 6.07) is 13.1. The van der Waals surface area contributed by atoms with Crippen molar-refractivity contribution in [2.24, 2.45) is 0 Å². The maximum atomic E-state index is 12.3. The molecule has 2 atom stereocenters. The molecule has 1 fully saturated rings. The van der Waals surface area contributed by atoms with Crippen LogP contribution in [0.3, 0.4) is 0 Å². The zero-order valence-corrected chi connectivity index (χ0v) is 15.4. The van der Waals surface area contributed by atoms with Crippen LogP contribution in [-0.2, 0) is 0 Å². The molecule has 0 aliphatic carbocycles. The first-order valence-corrected chi connectivity index (χ1v) is 9.01. The number of rotatable bonds is 1. The Balaban J connectivity index is 1.84. The van der Waals surface area contributed by atoms with E-state index >= 15 is 0 Å². The summed E-state index contributed by atoms with van der Waals surface area (Å²) in [5.74, 6) is 0.506. The van der Waals surface area contributed by atoms with Crippen molar-refractivity contribution in [3.05, 3.63) is 58.6 Å². The van der Waals surface area contributed by atoms with Crippen LogP contribution in [0.5, 0.6) is 11.5 Å². The van der Waals surface area contributed by atoms with Gasteiger partial charge >= 0.3 is 6.03 Å². The van der Waals surface area contributed by atoms with Gasteiger partial charge in [0.1, 0.15) is 11.5 Å². The van der Waals surface area contributed by atoms with Gasteiger partial charge in [0.05, 0.1) is 5.02 Å². The van der Waals surface area contributed by atoms with Crippen LogP contribution in [0.4, 0.5) is 4.79 Å². The third-order valence-electron chi connectivity index (χ3n) is 5.02. The molecule has 0 saturated carbocycles. The lowest BCUT2D eigenvalue weighted by atomic mass is 9.77. The van der Waals surface area contributed by atoms with Gasteiger partial charge in [0.25, 0.3) is 0 Å². The minimum atomic E-state index is -0.848. The number of hydrogen-bond donors (Lipinski definition) is 3. The van der Waals surface area contributed by atoms with E-state index in [-0.39, 0.29) is 17.7 Å². The molecule has 4 rings (SSSR count). The Morgan fingerprint density at radius 2 is 1.92 bits per heavy atom. The Kier molecular flexibility index (Phi) is 3.81. The lowest BCUT2D eigenvalue weighted by Crippen LogP contribution is -2.69. The molecule has 5 nitrogen and oxygen atoms in total. The average molecular weight is 373 g/mol. The van der Waals surface area contributed by atoms with Crippen LogP contribution in [0.25, 0.3) is 0 Å². The highest BCUT2D eigenvalue weighted by atomic mass is 35.5. The normalized spacial score (nSPS) is 26.4. The number of phenolic OH excluding ortho intramolecular Hbond substituents is 1. The highest BCUT2D eigenvalue weighted by molar-refractivity contribution is 6.32. The van der Waals surface area contributed by atoms with Crippen LogP contribution in [-0.4, -0.2) is 22.4 Å². The van der Waals surface area contributed by atoms with Crippen molar-refractivity contribution in [1.29, 1.82) is 0 Å². The van der Waals surface area contributed by atoms with E-state index in [1.54, 1.807) is 6.07 Å². The van der Waals surface area contributed by atoms with Crippen LogP contribution in [0.2, 0.25) is 5.02 Å². The zero-order chi connectivity index (χ0) is 18.5. The van der Waals surface area contributed by atoms with Crippen LogP contribution in [0.15, 0.2) is 42.5 Å². The maximum Gasteiger partial charge on any atom is 0.318 e. The number of nitrogens with one attached hydrogen (secondary N) is 2. The third-order valence-corrected chi connectivity index (χ3v) is 5.32. The smallest absolute Gasteiger partial charge is 0.318 e. The quantitative estimate of drug-likeness (QED) is 0.704. The monoisotopic (exact) mass is 372 g/mol. The fourth-order valence-corrected chi connectivity index (χ4v) is 4.30. The minimum absolute atomic E-state index is 0.00718. The van der Waals surface area contributed by atoms with Gasteiger partial charge in [-0.2, -0.15) is 0 Å². The molecular weight excluding hydrogens is 352 g/mol. The van der Waals surface area contributed by atoms with Gasteiger partial charge in [-0.3, -0.25) is 0 Å². The van der Waals surface area contributed by atoms with Crippen LogP contribution in [0, 0.1) is 0 Å². The molecule has 2 amide bonds. The van der Waals surface area contributed by atoms with E-state index in [1.807, 2.05) is 32.0 Å². The Labute approximate surface area is 157 Å². The number of hydrogen-bond acceptors (Lipinski definition) is 3. The summed E-state index contributed by atoms with van der Waals surface area (Å²) in [6.45, 7) is 3.95. The van der Waals surface area contributed by atoms with Crippen LogP contribution < -0.4 is 15.4 Å². The van der Waals surface area contributed by atoms with E-state index in [9.17, 15) is 9.90 Å². The second kappa shape index (κ2) is 5.81. The number of urea groups is 1. The fraction of sp³-hybridized carbons (Fsp3) is 0.350. The van der Waals surface area contributed by atoms with Crippen molar-refractivity contribution in [2.75, 3.05) is 0 Å². The number of halogens is 1. The van der Waals surface area contributed by atoms with E-state index in [1.165, 1.54) is 6.07 Å². The van der Waals surface area contributed by atoms with E-state index < -0.39 is 11.3 Å². The lowest BCUT2D eigenvalue weighted by molar-refractivity contribution is -0.0236. The molecule has 0 unspecified atom stereocenters. The first-order chi connectivity index (χ1) is 12.3. The van der Waals surface area contributed by atoms with Crippen molar-refractivity contribution < 1.29 is 14.6 Å². The van der Waals surface area contributed by atoms with Crippen molar-refractivity contribution in [2.45, 2.75) is 43.9 Å². The largest absolute Gasteiger partial charge is 0.506 e. The number of carbonyl (C=O) groups is 1. The minimum Gasteiger partial charge on any atom is -0.506 e. The lowest BCUT2D eigenvalue weighted by Gasteiger charge is -2.49. The molecule has 2 heterocycles. The molecule has 136 valence electrons. The van der Waals surface area contributed by atoms with Gasteiger partial charge in [0.2, 0.25) is 0 Å². The predicted molar refractivity (Wildman–Crippen MR) is 99.7 cm³/mol. The topological polar surface area (TPSA) is 70.6 Å². The molecule has 2 aliphatic heterocycles. The number of benzene rings is 2. The molecule has 0 bridgehead atoms. The van der Waals surface area contributed by atoms with Crippen molar-refractivity contribution in [3.63, 3.8) is 0 Å². The van der Waals surface area contributed by atoms with Crippen molar-refractivity contribution in [1.82, 2.24) is 10.6 Å². The van der Waals surface area contributed by atoms with E-state index in [4.69, 9.17) is 16.3 Å². The number of carbonyl (C=O) groups excluding carboxylic acids is 1. The SMILES string of the molecule is CC1(C)C[C@@]2(C[C@@H](c3ccccc3)c3cc(Cl)c(O)cc3O2)NC(=O)N1. The number of phenols is 1. The second-order valence-corrected chi connectivity index (χ2v) is 8.15. The standard InChI is InChI=1S/C20H21ClN2O3/c1-19(2)11-20(23-18(25)22-19)10-14(12-6-4-3-5-7-12)13-8-15(21)16(24)9-17(13)26-20/h3-9,14,24H,10-11H2,1-2H3,(H2,22,23,25)/t14-,20-/m0/s1. The molecule has 2 aromatic rings. The fourth-order valence-electron chi connectivity index (χ4n) is 4.13. The Morgan fingerprint density at radius 1 is 1.19 bits per heavy atom. The van der Waals surface area contributed by atoms with Crippen LogP contribution >= 0.6 is 11.6 Å². The van der Waals surface area contributed by atoms with Crippen molar-refractivity contribution >= 4 is 17.6 Å². The molecule has 1 saturated heterocycles. The molecular formula is C20H21ClN2O3. The molecule has 1 spiro atoms. The van der Waals surface area contributed by atoms with Gasteiger partial charge in [-0.15, -0.1) is 0 Å². The van der Waals surface area contributed by atoms with Crippen molar-refractivity contribution in [3.8, 4) is 11.5 Å². The molecule has 0 aromatic heterocycles. The van der Waals surface area contributed by atoms with Gasteiger partial charge < -0.3 is 20.5 Å². The predicted octanol–water partition coefficient (Wildman–Crippen LogP) is 4.14. The first-order valence-electron chi connectivity index (χ1n) is 8.64. The number of ether oxygens (including phenoxy) is 1. The van der Waals surface area contributed by atoms with E-state index in [2.05, 4.69) is 22.8 Å². The van der Waals surface area contributed by atoms with Crippen LogP contribution in [0.1, 0.15) is 43.7 Å². The average Bonchev–Trinajstić information content (AvgIpc) is 2.54. The van der Waals surface area contributed by atoms with E-state index in [0.717, 1.165) is 11.1 Å². The number of amides is 2. The third kappa shape index (κ3) is 2.97. The molecule has 2 aromatic carbocycles. The summed E-state index contributed by atoms with van der Waals surface area (Å²) in [4.78, 5) is 12.3. The summed E-state index contributed by atoms with van der Waals surface area (Å²) >= 11 is 6.16. The summed E-state index contributed by atoms with van der Waals surface area (Å²) in [5, 5.41) is 16.3. The Morgan fingerprint density at radius 3 is 2.62 bits per heavy atom. The zero-order valence-electron chi connectivity index (χ0n) is 14.7. The molecule has 3 N–H and O–H groups in total. The Hall–Kier alpha value is -2.40. The molecule has 26 heavy (non-hydrogen) atoms. The van der Waals surface area contributed by atoms with Gasteiger partial charge in [-0.05, 0) is 25.5 Å². The number of fused-ring (bicyclic) bond motifs is 1. The highest BCUT2D eigenvalue weighted by Gasteiger charge is 2.49. The van der Waals surface area contributed by atoms with Gasteiger partial charge in [-0.25, -0.2) is 4.79 Å². The summed E-state index contributed by atoms with van der Waals surface area (Å²) < 4.78 is 6.26. The summed E-state index contributed by atoms with van der Waals surface area (Å²) in [5.41, 5.74) is 0.772. The Bertz CT molecular complexity index is 869.